The van der Waals surface area contributed by atoms with Crippen molar-refractivity contribution >= 4 is 0 Å². The quantitative estimate of drug-likeness (QED) is 0.747. The summed E-state index contributed by atoms with van der Waals surface area (Å²) in [7, 11) is 0. The van der Waals surface area contributed by atoms with Gasteiger partial charge < -0.3 is 10.3 Å². The second-order valence-corrected chi connectivity index (χ2v) is 4.62. The SMILES string of the molecule is CC(NCCc1ncc[nH]1)C1(C)CC1. The third-order valence-electron chi connectivity index (χ3n) is 3.45. The van der Waals surface area contributed by atoms with Crippen LogP contribution < -0.4 is 5.32 Å². The second-order valence-electron chi connectivity index (χ2n) is 4.62. The first-order valence-electron chi connectivity index (χ1n) is 5.42. The van der Waals surface area contributed by atoms with Gasteiger partial charge in [-0.2, -0.15) is 0 Å². The molecule has 1 aliphatic carbocycles. The maximum atomic E-state index is 4.20. The Kier molecular flexibility index (Phi) is 2.59. The molecule has 1 heterocycles. The van der Waals surface area contributed by atoms with E-state index in [0.717, 1.165) is 18.8 Å². The summed E-state index contributed by atoms with van der Waals surface area (Å²) in [6.07, 6.45) is 7.43. The van der Waals surface area contributed by atoms with Gasteiger partial charge in [0.15, 0.2) is 0 Å². The van der Waals surface area contributed by atoms with Crippen LogP contribution in [-0.2, 0) is 6.42 Å². The Bertz CT molecular complexity index is 275. The highest BCUT2D eigenvalue weighted by molar-refractivity contribution is 4.97. The van der Waals surface area contributed by atoms with Crippen molar-refractivity contribution in [3.05, 3.63) is 18.2 Å². The van der Waals surface area contributed by atoms with Gasteiger partial charge in [-0.25, -0.2) is 4.98 Å². The van der Waals surface area contributed by atoms with E-state index in [1.165, 1.54) is 12.8 Å². The van der Waals surface area contributed by atoms with Gasteiger partial charge in [0.1, 0.15) is 5.82 Å². The first-order valence-corrected chi connectivity index (χ1v) is 5.42. The van der Waals surface area contributed by atoms with Crippen molar-refractivity contribution in [2.24, 2.45) is 5.41 Å². The minimum absolute atomic E-state index is 0.573. The van der Waals surface area contributed by atoms with Gasteiger partial charge in [0.2, 0.25) is 0 Å². The van der Waals surface area contributed by atoms with Crippen LogP contribution in [0.1, 0.15) is 32.5 Å². The van der Waals surface area contributed by atoms with Gasteiger partial charge >= 0.3 is 0 Å². The van der Waals surface area contributed by atoms with Gasteiger partial charge in [-0.1, -0.05) is 6.92 Å². The van der Waals surface area contributed by atoms with Gasteiger partial charge in [0, 0.05) is 31.4 Å². The first kappa shape index (κ1) is 9.71. The predicted octanol–water partition coefficient (Wildman–Crippen LogP) is 1.73. The Balaban J connectivity index is 1.68. The van der Waals surface area contributed by atoms with E-state index in [-0.39, 0.29) is 0 Å². The van der Waals surface area contributed by atoms with Crippen molar-refractivity contribution in [3.8, 4) is 0 Å². The Hall–Kier alpha value is -0.830. The molecule has 1 aromatic rings. The van der Waals surface area contributed by atoms with Crippen molar-refractivity contribution in [2.75, 3.05) is 6.54 Å². The van der Waals surface area contributed by atoms with Gasteiger partial charge in [-0.15, -0.1) is 0 Å². The number of hydrogen-bond donors (Lipinski definition) is 2. The maximum absolute atomic E-state index is 4.20. The minimum Gasteiger partial charge on any atom is -0.349 e. The summed E-state index contributed by atoms with van der Waals surface area (Å²) in [5, 5.41) is 3.56. The third-order valence-corrected chi connectivity index (χ3v) is 3.45. The van der Waals surface area contributed by atoms with E-state index in [1.54, 1.807) is 6.20 Å². The molecule has 2 rings (SSSR count). The summed E-state index contributed by atoms with van der Waals surface area (Å²) >= 11 is 0. The molecule has 1 unspecified atom stereocenters. The monoisotopic (exact) mass is 193 g/mol. The van der Waals surface area contributed by atoms with Crippen LogP contribution in [0.25, 0.3) is 0 Å². The van der Waals surface area contributed by atoms with E-state index in [1.807, 2.05) is 6.20 Å². The molecule has 1 fully saturated rings. The summed E-state index contributed by atoms with van der Waals surface area (Å²) < 4.78 is 0. The van der Waals surface area contributed by atoms with Gasteiger partial charge in [0.25, 0.3) is 0 Å². The molecule has 3 heteroatoms. The molecule has 0 spiro atoms. The van der Waals surface area contributed by atoms with Crippen molar-refractivity contribution in [2.45, 2.75) is 39.2 Å². The van der Waals surface area contributed by atoms with Gasteiger partial charge in [0.05, 0.1) is 0 Å². The van der Waals surface area contributed by atoms with E-state index < -0.39 is 0 Å². The molecule has 1 aromatic heterocycles. The molecule has 0 aromatic carbocycles. The molecule has 3 nitrogen and oxygen atoms in total. The lowest BCUT2D eigenvalue weighted by Crippen LogP contribution is -2.34. The molecular formula is C11H19N3. The fourth-order valence-corrected chi connectivity index (χ4v) is 1.72. The van der Waals surface area contributed by atoms with Crippen molar-refractivity contribution in [1.82, 2.24) is 15.3 Å². The summed E-state index contributed by atoms with van der Waals surface area (Å²) in [6.45, 7) is 5.66. The number of aromatic nitrogens is 2. The number of nitrogens with one attached hydrogen (secondary N) is 2. The fourth-order valence-electron chi connectivity index (χ4n) is 1.72. The van der Waals surface area contributed by atoms with Crippen LogP contribution in [0.3, 0.4) is 0 Å². The molecule has 78 valence electrons. The number of imidazole rings is 1. The van der Waals surface area contributed by atoms with E-state index >= 15 is 0 Å². The third kappa shape index (κ3) is 2.15. The standard InChI is InChI=1S/C11H19N3/c1-9(11(2)4-5-11)12-6-3-10-13-7-8-14-10/h7-9,12H,3-6H2,1-2H3,(H,13,14). The summed E-state index contributed by atoms with van der Waals surface area (Å²) in [5.74, 6) is 1.07. The van der Waals surface area contributed by atoms with Crippen molar-refractivity contribution in [3.63, 3.8) is 0 Å². The Morgan fingerprint density at radius 2 is 2.43 bits per heavy atom. The van der Waals surface area contributed by atoms with Crippen LogP contribution in [0.5, 0.6) is 0 Å². The highest BCUT2D eigenvalue weighted by Gasteiger charge is 2.41. The lowest BCUT2D eigenvalue weighted by molar-refractivity contribution is 0.382. The zero-order valence-corrected chi connectivity index (χ0v) is 9.01. The number of hydrogen-bond acceptors (Lipinski definition) is 2. The van der Waals surface area contributed by atoms with Crippen LogP contribution in [0.2, 0.25) is 0 Å². The molecule has 0 radical (unpaired) electrons. The van der Waals surface area contributed by atoms with E-state index in [4.69, 9.17) is 0 Å². The van der Waals surface area contributed by atoms with E-state index in [9.17, 15) is 0 Å². The average Bonchev–Trinajstić information content (AvgIpc) is 2.73. The van der Waals surface area contributed by atoms with Gasteiger partial charge in [-0.3, -0.25) is 0 Å². The number of nitrogens with zero attached hydrogens (tertiary/aromatic N) is 1. The molecule has 0 bridgehead atoms. The Labute approximate surface area is 85.3 Å². The lowest BCUT2D eigenvalue weighted by Gasteiger charge is -2.19. The average molecular weight is 193 g/mol. The Morgan fingerprint density at radius 3 is 3.00 bits per heavy atom. The zero-order valence-electron chi connectivity index (χ0n) is 9.01. The molecule has 0 aliphatic heterocycles. The molecule has 0 saturated heterocycles. The van der Waals surface area contributed by atoms with Crippen LogP contribution in [0.4, 0.5) is 0 Å². The molecule has 2 N–H and O–H groups in total. The summed E-state index contributed by atoms with van der Waals surface area (Å²) in [6, 6.07) is 0.637. The molecule has 0 amide bonds. The van der Waals surface area contributed by atoms with Crippen molar-refractivity contribution in [1.29, 1.82) is 0 Å². The Morgan fingerprint density at radius 1 is 1.64 bits per heavy atom. The topological polar surface area (TPSA) is 40.7 Å². The summed E-state index contributed by atoms with van der Waals surface area (Å²) in [5.41, 5.74) is 0.573. The number of rotatable bonds is 5. The zero-order chi connectivity index (χ0) is 10.0. The molecular weight excluding hydrogens is 174 g/mol. The molecule has 1 aliphatic rings. The van der Waals surface area contributed by atoms with E-state index in [2.05, 4.69) is 29.1 Å². The van der Waals surface area contributed by atoms with Crippen LogP contribution >= 0.6 is 0 Å². The van der Waals surface area contributed by atoms with Crippen molar-refractivity contribution < 1.29 is 0 Å². The number of H-pyrrole nitrogens is 1. The maximum Gasteiger partial charge on any atom is 0.107 e. The molecule has 14 heavy (non-hydrogen) atoms. The molecule has 1 saturated carbocycles. The highest BCUT2D eigenvalue weighted by atomic mass is 15.0. The second kappa shape index (κ2) is 3.73. The lowest BCUT2D eigenvalue weighted by atomic mass is 10.0. The van der Waals surface area contributed by atoms with Crippen LogP contribution in [-0.4, -0.2) is 22.6 Å². The summed E-state index contributed by atoms with van der Waals surface area (Å²) in [4.78, 5) is 7.31. The highest BCUT2D eigenvalue weighted by Crippen LogP contribution is 2.47. The molecule has 1 atom stereocenters. The fraction of sp³-hybridized carbons (Fsp3) is 0.727. The predicted molar refractivity (Wildman–Crippen MR) is 57.1 cm³/mol. The van der Waals surface area contributed by atoms with Crippen LogP contribution in [0, 0.1) is 5.41 Å². The van der Waals surface area contributed by atoms with Gasteiger partial charge in [-0.05, 0) is 25.2 Å². The smallest absolute Gasteiger partial charge is 0.107 e. The normalized spacial score (nSPS) is 20.7. The number of aromatic amines is 1. The minimum atomic E-state index is 0.573. The van der Waals surface area contributed by atoms with E-state index in [0.29, 0.717) is 11.5 Å². The first-order chi connectivity index (χ1) is 6.71. The largest absolute Gasteiger partial charge is 0.349 e. The van der Waals surface area contributed by atoms with Crippen LogP contribution in [0.15, 0.2) is 12.4 Å².